The molecule has 0 amide bonds. The van der Waals surface area contributed by atoms with Crippen LogP contribution in [-0.2, 0) is 5.41 Å². The molecule has 2 aromatic heterocycles. The first-order valence-corrected chi connectivity index (χ1v) is 15.4. The molecule has 4 aliphatic rings. The Labute approximate surface area is 227 Å². The van der Waals surface area contributed by atoms with Crippen molar-refractivity contribution in [3.63, 3.8) is 0 Å². The van der Waals surface area contributed by atoms with E-state index in [0.717, 1.165) is 40.4 Å². The van der Waals surface area contributed by atoms with Crippen LogP contribution in [0, 0.1) is 5.92 Å². The fourth-order valence-corrected chi connectivity index (χ4v) is 8.44. The number of hydrogen-bond acceptors (Lipinski definition) is 4. The van der Waals surface area contributed by atoms with Crippen molar-refractivity contribution in [2.75, 3.05) is 19.6 Å². The predicted octanol–water partition coefficient (Wildman–Crippen LogP) is 6.87. The SMILES string of the molecule is O=c1nc2n(c3cccc(Br)c13)-c1nc(C3CCN(CC4CCCCC4)CC3)ccc1C21CCCCC1. The first kappa shape index (κ1) is 24.0. The topological polar surface area (TPSA) is 51.0 Å². The third kappa shape index (κ3) is 4.01. The monoisotopic (exact) mass is 560 g/mol. The van der Waals surface area contributed by atoms with Crippen molar-refractivity contribution in [2.24, 2.45) is 5.92 Å². The summed E-state index contributed by atoms with van der Waals surface area (Å²) in [6, 6.07) is 10.7. The molecule has 194 valence electrons. The summed E-state index contributed by atoms with van der Waals surface area (Å²) in [5, 5.41) is 0.660. The van der Waals surface area contributed by atoms with Gasteiger partial charge in [-0.25, -0.2) is 4.98 Å². The van der Waals surface area contributed by atoms with Crippen LogP contribution in [0.25, 0.3) is 16.7 Å². The molecule has 0 unspecified atom stereocenters. The Morgan fingerprint density at radius 1 is 0.892 bits per heavy atom. The van der Waals surface area contributed by atoms with Crippen LogP contribution in [0.4, 0.5) is 0 Å². The normalized spacial score (nSPS) is 22.4. The fourth-order valence-electron chi connectivity index (χ4n) is 7.91. The third-order valence-electron chi connectivity index (χ3n) is 9.87. The molecule has 5 nitrogen and oxygen atoms in total. The Balaban J connectivity index is 1.25. The van der Waals surface area contributed by atoms with Crippen LogP contribution in [0.3, 0.4) is 0 Å². The number of pyridine rings is 1. The largest absolute Gasteiger partial charge is 0.303 e. The quantitative estimate of drug-likeness (QED) is 0.350. The first-order chi connectivity index (χ1) is 18.1. The molecule has 0 bridgehead atoms. The van der Waals surface area contributed by atoms with Crippen LogP contribution in [-0.4, -0.2) is 39.1 Å². The number of fused-ring (bicyclic) bond motifs is 7. The van der Waals surface area contributed by atoms with Gasteiger partial charge in [-0.3, -0.25) is 9.36 Å². The Morgan fingerprint density at radius 2 is 1.65 bits per heavy atom. The van der Waals surface area contributed by atoms with Gasteiger partial charge in [-0.05, 0) is 91.7 Å². The fraction of sp³-hybridized carbons (Fsp3) is 0.581. The molecule has 37 heavy (non-hydrogen) atoms. The van der Waals surface area contributed by atoms with Gasteiger partial charge in [0.1, 0.15) is 11.6 Å². The van der Waals surface area contributed by atoms with E-state index in [1.54, 1.807) is 0 Å². The van der Waals surface area contributed by atoms with Crippen LogP contribution in [0.1, 0.15) is 100 Å². The van der Waals surface area contributed by atoms with Gasteiger partial charge >= 0.3 is 0 Å². The highest BCUT2D eigenvalue weighted by molar-refractivity contribution is 9.10. The van der Waals surface area contributed by atoms with Gasteiger partial charge in [0.15, 0.2) is 0 Å². The Hall–Kier alpha value is -2.05. The predicted molar refractivity (Wildman–Crippen MR) is 152 cm³/mol. The molecular formula is C31H37BrN4O. The summed E-state index contributed by atoms with van der Waals surface area (Å²) in [4.78, 5) is 26.1. The van der Waals surface area contributed by atoms with Crippen LogP contribution in [0.5, 0.6) is 0 Å². The van der Waals surface area contributed by atoms with E-state index >= 15 is 0 Å². The lowest BCUT2D eigenvalue weighted by atomic mass is 9.70. The molecule has 4 heterocycles. The molecule has 0 atom stereocenters. The molecule has 3 aromatic rings. The molecule has 3 fully saturated rings. The number of hydrogen-bond donors (Lipinski definition) is 0. The number of likely N-dealkylation sites (tertiary alicyclic amines) is 1. The molecular weight excluding hydrogens is 524 g/mol. The number of halogens is 1. The van der Waals surface area contributed by atoms with E-state index in [2.05, 4.69) is 43.6 Å². The van der Waals surface area contributed by atoms with Gasteiger partial charge in [0.2, 0.25) is 0 Å². The molecule has 2 aliphatic carbocycles. The lowest BCUT2D eigenvalue weighted by molar-refractivity contribution is 0.163. The van der Waals surface area contributed by atoms with E-state index in [-0.39, 0.29) is 11.0 Å². The number of nitrogens with zero attached hydrogens (tertiary/aromatic N) is 4. The molecule has 2 saturated carbocycles. The second-order valence-electron chi connectivity index (χ2n) is 12.0. The minimum Gasteiger partial charge on any atom is -0.303 e. The van der Waals surface area contributed by atoms with E-state index in [4.69, 9.17) is 9.97 Å². The molecule has 6 heteroatoms. The second-order valence-corrected chi connectivity index (χ2v) is 12.9. The number of rotatable bonds is 3. The number of aromatic nitrogens is 3. The van der Waals surface area contributed by atoms with Crippen molar-refractivity contribution in [1.82, 2.24) is 19.4 Å². The minimum absolute atomic E-state index is 0.128. The molecule has 1 aromatic carbocycles. The summed E-state index contributed by atoms with van der Waals surface area (Å²) in [5.74, 6) is 3.36. The van der Waals surface area contributed by atoms with Gasteiger partial charge in [0.05, 0.1) is 16.3 Å². The summed E-state index contributed by atoms with van der Waals surface area (Å²) < 4.78 is 3.05. The zero-order valence-corrected chi connectivity index (χ0v) is 23.3. The van der Waals surface area contributed by atoms with Gasteiger partial charge in [-0.15, -0.1) is 0 Å². The summed E-state index contributed by atoms with van der Waals surface area (Å²) in [5.41, 5.74) is 3.12. The van der Waals surface area contributed by atoms with Crippen LogP contribution in [0.15, 0.2) is 39.6 Å². The van der Waals surface area contributed by atoms with Crippen molar-refractivity contribution in [3.05, 3.63) is 62.2 Å². The highest BCUT2D eigenvalue weighted by atomic mass is 79.9. The maximum atomic E-state index is 13.2. The molecule has 0 N–H and O–H groups in total. The average molecular weight is 562 g/mol. The van der Waals surface area contributed by atoms with Gasteiger partial charge in [0.25, 0.3) is 5.56 Å². The smallest absolute Gasteiger partial charge is 0.281 e. The van der Waals surface area contributed by atoms with Crippen molar-refractivity contribution >= 4 is 26.8 Å². The van der Waals surface area contributed by atoms with E-state index in [0.29, 0.717) is 11.3 Å². The van der Waals surface area contributed by atoms with Gasteiger partial charge in [-0.2, -0.15) is 4.98 Å². The molecule has 0 radical (unpaired) electrons. The summed E-state index contributed by atoms with van der Waals surface area (Å²) in [7, 11) is 0. The zero-order chi connectivity index (χ0) is 25.0. The molecule has 2 aliphatic heterocycles. The summed E-state index contributed by atoms with van der Waals surface area (Å²) in [6.07, 6.45) is 15.2. The number of piperidine rings is 1. The average Bonchev–Trinajstić information content (AvgIpc) is 3.18. The van der Waals surface area contributed by atoms with Gasteiger partial charge < -0.3 is 4.90 Å². The van der Waals surface area contributed by atoms with Crippen LogP contribution in [0.2, 0.25) is 0 Å². The highest BCUT2D eigenvalue weighted by Gasteiger charge is 2.47. The molecule has 1 spiro atoms. The lowest BCUT2D eigenvalue weighted by Gasteiger charge is -2.35. The van der Waals surface area contributed by atoms with Gasteiger partial charge in [0, 0.05) is 28.2 Å². The van der Waals surface area contributed by atoms with E-state index < -0.39 is 0 Å². The third-order valence-corrected chi connectivity index (χ3v) is 10.5. The van der Waals surface area contributed by atoms with E-state index in [1.165, 1.54) is 95.1 Å². The van der Waals surface area contributed by atoms with Crippen molar-refractivity contribution in [2.45, 2.75) is 88.4 Å². The maximum absolute atomic E-state index is 13.2. The Bertz CT molecular complexity index is 1380. The zero-order valence-electron chi connectivity index (χ0n) is 21.7. The van der Waals surface area contributed by atoms with Crippen LogP contribution < -0.4 is 5.56 Å². The number of benzene rings is 1. The molecule has 1 saturated heterocycles. The Kier molecular flexibility index (Phi) is 6.24. The van der Waals surface area contributed by atoms with E-state index in [9.17, 15) is 4.79 Å². The van der Waals surface area contributed by atoms with E-state index in [1.807, 2.05) is 12.1 Å². The summed E-state index contributed by atoms with van der Waals surface area (Å²) in [6.45, 7) is 3.66. The Morgan fingerprint density at radius 3 is 2.43 bits per heavy atom. The second kappa shape index (κ2) is 9.60. The molecule has 7 rings (SSSR count). The minimum atomic E-state index is -0.182. The maximum Gasteiger partial charge on any atom is 0.281 e. The van der Waals surface area contributed by atoms with Crippen LogP contribution >= 0.6 is 15.9 Å². The van der Waals surface area contributed by atoms with Gasteiger partial charge in [-0.1, -0.05) is 50.7 Å². The standard InChI is InChI=1S/C31H37BrN4O/c32-24-10-7-11-26-27(24)29(37)34-30-31(16-5-2-6-17-31)23-12-13-25(33-28(23)36(26)30)22-14-18-35(19-15-22)20-21-8-3-1-4-9-21/h7,10-13,21-22H,1-6,8-9,14-20H2. The van der Waals surface area contributed by atoms with Crippen molar-refractivity contribution in [1.29, 1.82) is 0 Å². The first-order valence-electron chi connectivity index (χ1n) is 14.6. The highest BCUT2D eigenvalue weighted by Crippen LogP contribution is 2.51. The van der Waals surface area contributed by atoms with Crippen molar-refractivity contribution in [3.8, 4) is 5.82 Å². The lowest BCUT2D eigenvalue weighted by Crippen LogP contribution is -2.37. The summed E-state index contributed by atoms with van der Waals surface area (Å²) >= 11 is 3.62. The van der Waals surface area contributed by atoms with Crippen molar-refractivity contribution < 1.29 is 0 Å².